The van der Waals surface area contributed by atoms with Crippen LogP contribution < -0.4 is 0 Å². The normalized spacial score (nSPS) is 11.9. The Morgan fingerprint density at radius 3 is 0.917 bits per heavy atom. The molecule has 0 bridgehead atoms. The summed E-state index contributed by atoms with van der Waals surface area (Å²) in [6.45, 7) is 31.9. The number of ketones is 4. The SMILES string of the molecule is CC(C)C(=O)C(C)(C)C.CCC(=O)C(C)(C)C.CCC(=O)C(C)(C)C.CN(C)CCC(=O)C(C)(C)C. The van der Waals surface area contributed by atoms with Gasteiger partial charge in [-0.15, -0.1) is 0 Å². The zero-order valence-corrected chi connectivity index (χ0v) is 27.5. The zero-order chi connectivity index (χ0) is 30.3. The molecule has 0 N–H and O–H groups in total. The fourth-order valence-electron chi connectivity index (χ4n) is 2.63. The third-order valence-electron chi connectivity index (χ3n) is 5.20. The molecule has 0 aliphatic heterocycles. The second-order valence-electron chi connectivity index (χ2n) is 14.0. The molecule has 0 atom stereocenters. The molecule has 5 nitrogen and oxygen atoms in total. The summed E-state index contributed by atoms with van der Waals surface area (Å²) in [6, 6.07) is 0. The van der Waals surface area contributed by atoms with Gasteiger partial charge in [0.1, 0.15) is 23.1 Å². The lowest BCUT2D eigenvalue weighted by Crippen LogP contribution is -2.25. The molecule has 0 aromatic heterocycles. The molecule has 36 heavy (non-hydrogen) atoms. The van der Waals surface area contributed by atoms with E-state index in [0.29, 0.717) is 42.4 Å². The molecule has 0 aliphatic carbocycles. The highest BCUT2D eigenvalue weighted by atomic mass is 16.1. The van der Waals surface area contributed by atoms with Crippen molar-refractivity contribution in [1.82, 2.24) is 4.90 Å². The fourth-order valence-corrected chi connectivity index (χ4v) is 2.63. The van der Waals surface area contributed by atoms with E-state index in [1.807, 2.05) is 130 Å². The molecule has 0 saturated heterocycles. The van der Waals surface area contributed by atoms with E-state index < -0.39 is 0 Å². The van der Waals surface area contributed by atoms with Crippen molar-refractivity contribution in [3.8, 4) is 0 Å². The van der Waals surface area contributed by atoms with Crippen molar-refractivity contribution in [1.29, 1.82) is 0 Å². The summed E-state index contributed by atoms with van der Waals surface area (Å²) in [4.78, 5) is 46.2. The zero-order valence-electron chi connectivity index (χ0n) is 27.5. The first kappa shape index (κ1) is 41.8. The van der Waals surface area contributed by atoms with Gasteiger partial charge >= 0.3 is 0 Å². The van der Waals surface area contributed by atoms with Gasteiger partial charge in [-0.05, 0) is 14.1 Å². The van der Waals surface area contributed by atoms with Crippen LogP contribution in [0.15, 0.2) is 0 Å². The molecule has 0 amide bonds. The van der Waals surface area contributed by atoms with Crippen molar-refractivity contribution in [2.24, 2.45) is 27.6 Å². The summed E-state index contributed by atoms with van der Waals surface area (Å²) < 4.78 is 0. The smallest absolute Gasteiger partial charge is 0.140 e. The Kier molecular flexibility index (Phi) is 20.9. The van der Waals surface area contributed by atoms with Crippen LogP contribution in [0.4, 0.5) is 0 Å². The van der Waals surface area contributed by atoms with Gasteiger partial charge in [0.25, 0.3) is 0 Å². The first-order valence-electron chi connectivity index (χ1n) is 13.4. The Labute approximate surface area is 225 Å². The molecular weight excluding hydrogens is 450 g/mol. The molecule has 0 aromatic carbocycles. The van der Waals surface area contributed by atoms with E-state index in [2.05, 4.69) is 0 Å². The van der Waals surface area contributed by atoms with Gasteiger partial charge in [-0.1, -0.05) is 111 Å². The molecule has 0 rings (SSSR count). The van der Waals surface area contributed by atoms with Crippen LogP contribution in [0.5, 0.6) is 0 Å². The maximum Gasteiger partial charge on any atom is 0.140 e. The van der Waals surface area contributed by atoms with Crippen LogP contribution in [0.2, 0.25) is 0 Å². The first-order valence-corrected chi connectivity index (χ1v) is 13.4. The average Bonchev–Trinajstić information content (AvgIpc) is 2.68. The van der Waals surface area contributed by atoms with E-state index in [1.54, 1.807) is 0 Å². The number of rotatable bonds is 6. The minimum absolute atomic E-state index is 0.130. The molecule has 0 heterocycles. The van der Waals surface area contributed by atoms with Crippen molar-refractivity contribution < 1.29 is 19.2 Å². The molecule has 0 saturated carbocycles. The van der Waals surface area contributed by atoms with E-state index >= 15 is 0 Å². The van der Waals surface area contributed by atoms with E-state index in [1.165, 1.54) is 0 Å². The van der Waals surface area contributed by atoms with Crippen molar-refractivity contribution in [3.05, 3.63) is 0 Å². The summed E-state index contributed by atoms with van der Waals surface area (Å²) in [6.07, 6.45) is 1.98. The van der Waals surface area contributed by atoms with Crippen LogP contribution in [0.25, 0.3) is 0 Å². The summed E-state index contributed by atoms with van der Waals surface area (Å²) >= 11 is 0. The number of carbonyl (C=O) groups excluding carboxylic acids is 4. The highest BCUT2D eigenvalue weighted by Gasteiger charge is 2.23. The summed E-state index contributed by atoms with van der Waals surface area (Å²) in [5, 5.41) is 0. The topological polar surface area (TPSA) is 71.5 Å². The predicted molar refractivity (Wildman–Crippen MR) is 156 cm³/mol. The van der Waals surface area contributed by atoms with Crippen LogP contribution in [0, 0.1) is 27.6 Å². The second-order valence-corrected chi connectivity index (χ2v) is 14.0. The number of carbonyl (C=O) groups is 4. The molecule has 216 valence electrons. The lowest BCUT2D eigenvalue weighted by Gasteiger charge is -2.18. The van der Waals surface area contributed by atoms with Crippen molar-refractivity contribution in [2.75, 3.05) is 20.6 Å². The van der Waals surface area contributed by atoms with E-state index in [4.69, 9.17) is 0 Å². The molecule has 0 aromatic rings. The Hall–Kier alpha value is -1.36. The molecule has 0 aliphatic rings. The third kappa shape index (κ3) is 25.7. The van der Waals surface area contributed by atoms with Gasteiger partial charge in [0.15, 0.2) is 0 Å². The Balaban J connectivity index is -0.000000191. The standard InChI is InChI=1S/C9H19NO.C8H16O.2C7H14O/c1-9(2,3)8(11)6-7-10(4)5;1-6(2)7(9)8(3,4)5;2*1-5-6(8)7(2,3)4/h6-7H2,1-5H3;6H,1-5H3;2*5H2,1-4H3. The largest absolute Gasteiger partial charge is 0.309 e. The Bertz CT molecular complexity index is 620. The van der Waals surface area contributed by atoms with Crippen LogP contribution in [-0.4, -0.2) is 48.7 Å². The van der Waals surface area contributed by atoms with Crippen molar-refractivity contribution in [3.63, 3.8) is 0 Å². The van der Waals surface area contributed by atoms with Gasteiger partial charge in [-0.2, -0.15) is 0 Å². The molecule has 5 heteroatoms. The van der Waals surface area contributed by atoms with Gasteiger partial charge in [0.05, 0.1) is 0 Å². The van der Waals surface area contributed by atoms with Crippen LogP contribution >= 0.6 is 0 Å². The number of nitrogens with zero attached hydrogens (tertiary/aromatic N) is 1. The Morgan fingerprint density at radius 1 is 0.556 bits per heavy atom. The summed E-state index contributed by atoms with van der Waals surface area (Å²) in [5.41, 5.74) is -0.590. The molecule has 0 spiro atoms. The fraction of sp³-hybridized carbons (Fsp3) is 0.871. The van der Waals surface area contributed by atoms with Crippen LogP contribution in [0.1, 0.15) is 130 Å². The lowest BCUT2D eigenvalue weighted by molar-refractivity contribution is -0.129. The third-order valence-corrected chi connectivity index (χ3v) is 5.20. The maximum atomic E-state index is 11.3. The molecule has 0 unspecified atom stereocenters. The summed E-state index contributed by atoms with van der Waals surface area (Å²) in [5.74, 6) is 1.51. The molecule has 0 radical (unpaired) electrons. The van der Waals surface area contributed by atoms with Crippen LogP contribution in [-0.2, 0) is 19.2 Å². The predicted octanol–water partition coefficient (Wildman–Crippen LogP) is 7.83. The quantitative estimate of drug-likeness (QED) is 0.362. The van der Waals surface area contributed by atoms with Crippen molar-refractivity contribution in [2.45, 2.75) is 130 Å². The van der Waals surface area contributed by atoms with Crippen LogP contribution in [0.3, 0.4) is 0 Å². The molecule has 0 fully saturated rings. The number of hydrogen-bond acceptors (Lipinski definition) is 5. The number of Topliss-reactive ketones (excluding diaryl/α,β-unsaturated/α-hetero) is 4. The summed E-state index contributed by atoms with van der Waals surface area (Å²) in [7, 11) is 3.96. The molecular formula is C31H63NO4. The second kappa shape index (κ2) is 18.0. The minimum Gasteiger partial charge on any atom is -0.309 e. The first-order chi connectivity index (χ1) is 15.7. The highest BCUT2D eigenvalue weighted by molar-refractivity contribution is 5.85. The van der Waals surface area contributed by atoms with Gasteiger partial charge in [0, 0.05) is 53.4 Å². The minimum atomic E-state index is -0.171. The van der Waals surface area contributed by atoms with E-state index in [-0.39, 0.29) is 27.6 Å². The highest BCUT2D eigenvalue weighted by Crippen LogP contribution is 2.19. The van der Waals surface area contributed by atoms with Crippen molar-refractivity contribution >= 4 is 23.1 Å². The maximum absolute atomic E-state index is 11.3. The Morgan fingerprint density at radius 2 is 0.833 bits per heavy atom. The monoisotopic (exact) mass is 513 g/mol. The number of hydrogen-bond donors (Lipinski definition) is 0. The lowest BCUT2D eigenvalue weighted by atomic mass is 9.85. The van der Waals surface area contributed by atoms with Gasteiger partial charge < -0.3 is 4.90 Å². The van der Waals surface area contributed by atoms with E-state index in [9.17, 15) is 19.2 Å². The van der Waals surface area contributed by atoms with Gasteiger partial charge in [0.2, 0.25) is 0 Å². The van der Waals surface area contributed by atoms with Gasteiger partial charge in [-0.25, -0.2) is 0 Å². The average molecular weight is 514 g/mol. The van der Waals surface area contributed by atoms with E-state index in [0.717, 1.165) is 6.54 Å². The van der Waals surface area contributed by atoms with Gasteiger partial charge in [-0.3, -0.25) is 19.2 Å².